The Morgan fingerprint density at radius 2 is 2.07 bits per heavy atom. The zero-order chi connectivity index (χ0) is 20.2. The Kier molecular flexibility index (Phi) is 6.25. The molecule has 4 heterocycles. The molecule has 2 aliphatic heterocycles. The molecule has 4 rings (SSSR count). The van der Waals surface area contributed by atoms with Gasteiger partial charge in [-0.25, -0.2) is 0 Å². The first-order valence-electron chi connectivity index (χ1n) is 10.4. The van der Waals surface area contributed by atoms with E-state index in [1.807, 2.05) is 35.5 Å². The van der Waals surface area contributed by atoms with E-state index in [1.54, 1.807) is 11.3 Å². The van der Waals surface area contributed by atoms with Crippen molar-refractivity contribution in [1.82, 2.24) is 20.1 Å². The van der Waals surface area contributed by atoms with Crippen LogP contribution in [0.15, 0.2) is 23.7 Å². The minimum Gasteiger partial charge on any atom is -0.351 e. The molecule has 2 aromatic heterocycles. The number of amides is 2. The van der Waals surface area contributed by atoms with Gasteiger partial charge in [-0.15, -0.1) is 11.3 Å². The summed E-state index contributed by atoms with van der Waals surface area (Å²) in [6.45, 7) is 6.34. The number of likely N-dealkylation sites (tertiary alicyclic amines) is 1. The van der Waals surface area contributed by atoms with Gasteiger partial charge in [-0.05, 0) is 67.4 Å². The molecular weight excluding hydrogens is 384 g/mol. The van der Waals surface area contributed by atoms with Gasteiger partial charge in [-0.3, -0.25) is 19.5 Å². The SMILES string of the molecule is Cc1ncc2c(c1CNC(=O)CN1CCCC1)CCN(C(=O)Cc1cccs1)C2. The van der Waals surface area contributed by atoms with E-state index in [-0.39, 0.29) is 11.8 Å². The highest BCUT2D eigenvalue weighted by atomic mass is 32.1. The first kappa shape index (κ1) is 20.0. The Morgan fingerprint density at radius 3 is 2.83 bits per heavy atom. The van der Waals surface area contributed by atoms with Crippen molar-refractivity contribution in [1.29, 1.82) is 0 Å². The number of thiophene rings is 1. The third-order valence-electron chi connectivity index (χ3n) is 5.88. The van der Waals surface area contributed by atoms with Gasteiger partial charge in [0.15, 0.2) is 0 Å². The third kappa shape index (κ3) is 4.85. The largest absolute Gasteiger partial charge is 0.351 e. The molecule has 0 atom stereocenters. The Bertz CT molecular complexity index is 875. The zero-order valence-corrected chi connectivity index (χ0v) is 17.8. The van der Waals surface area contributed by atoms with Crippen LogP contribution in [0.2, 0.25) is 0 Å². The summed E-state index contributed by atoms with van der Waals surface area (Å²) in [5.74, 6) is 0.242. The second kappa shape index (κ2) is 9.05. The van der Waals surface area contributed by atoms with E-state index in [9.17, 15) is 9.59 Å². The van der Waals surface area contributed by atoms with Gasteiger partial charge < -0.3 is 10.2 Å². The van der Waals surface area contributed by atoms with E-state index in [0.717, 1.165) is 47.8 Å². The van der Waals surface area contributed by atoms with Gasteiger partial charge >= 0.3 is 0 Å². The quantitative estimate of drug-likeness (QED) is 0.791. The molecule has 0 bridgehead atoms. The lowest BCUT2D eigenvalue weighted by Gasteiger charge is -2.30. The smallest absolute Gasteiger partial charge is 0.234 e. The zero-order valence-electron chi connectivity index (χ0n) is 16.9. The van der Waals surface area contributed by atoms with Crippen molar-refractivity contribution < 1.29 is 9.59 Å². The van der Waals surface area contributed by atoms with Gasteiger partial charge in [0, 0.05) is 36.4 Å². The molecule has 29 heavy (non-hydrogen) atoms. The highest BCUT2D eigenvalue weighted by molar-refractivity contribution is 7.10. The van der Waals surface area contributed by atoms with Crippen LogP contribution in [0.5, 0.6) is 0 Å². The number of hydrogen-bond donors (Lipinski definition) is 1. The molecule has 1 saturated heterocycles. The van der Waals surface area contributed by atoms with Crippen molar-refractivity contribution in [2.24, 2.45) is 0 Å². The molecule has 0 spiro atoms. The molecule has 1 fully saturated rings. The Morgan fingerprint density at radius 1 is 1.24 bits per heavy atom. The second-order valence-electron chi connectivity index (χ2n) is 7.91. The van der Waals surface area contributed by atoms with Gasteiger partial charge in [-0.2, -0.15) is 0 Å². The van der Waals surface area contributed by atoms with Gasteiger partial charge in [0.05, 0.1) is 13.0 Å². The molecular formula is C22H28N4O2S. The average Bonchev–Trinajstić information content (AvgIpc) is 3.41. The summed E-state index contributed by atoms with van der Waals surface area (Å²) in [5, 5.41) is 5.09. The second-order valence-corrected chi connectivity index (χ2v) is 8.94. The van der Waals surface area contributed by atoms with Crippen molar-refractivity contribution in [3.8, 4) is 0 Å². The monoisotopic (exact) mass is 412 g/mol. The van der Waals surface area contributed by atoms with Crippen molar-refractivity contribution >= 4 is 23.2 Å². The summed E-state index contributed by atoms with van der Waals surface area (Å²) >= 11 is 1.62. The van der Waals surface area contributed by atoms with Crippen LogP contribution >= 0.6 is 11.3 Å². The summed E-state index contributed by atoms with van der Waals surface area (Å²) in [5.41, 5.74) is 4.43. The Hall–Kier alpha value is -2.25. The number of carbonyl (C=O) groups is 2. The van der Waals surface area contributed by atoms with Crippen molar-refractivity contribution in [2.45, 2.75) is 45.7 Å². The van der Waals surface area contributed by atoms with E-state index in [1.165, 1.54) is 18.4 Å². The molecule has 7 heteroatoms. The van der Waals surface area contributed by atoms with E-state index in [2.05, 4.69) is 15.2 Å². The molecule has 0 radical (unpaired) electrons. The lowest BCUT2D eigenvalue weighted by Crippen LogP contribution is -2.38. The first-order valence-corrected chi connectivity index (χ1v) is 11.2. The van der Waals surface area contributed by atoms with Crippen LogP contribution in [0.3, 0.4) is 0 Å². The molecule has 2 aliphatic rings. The van der Waals surface area contributed by atoms with E-state index >= 15 is 0 Å². The number of nitrogens with zero attached hydrogens (tertiary/aromatic N) is 3. The summed E-state index contributed by atoms with van der Waals surface area (Å²) in [4.78, 5) is 34.8. The predicted octanol–water partition coefficient (Wildman–Crippen LogP) is 2.29. The predicted molar refractivity (Wildman–Crippen MR) is 114 cm³/mol. The summed E-state index contributed by atoms with van der Waals surface area (Å²) in [6.07, 6.45) is 5.54. The molecule has 0 saturated carbocycles. The minimum atomic E-state index is 0.0764. The minimum absolute atomic E-state index is 0.0764. The lowest BCUT2D eigenvalue weighted by molar-refractivity contribution is -0.131. The Balaban J connectivity index is 1.39. The number of nitrogens with one attached hydrogen (secondary N) is 1. The number of aryl methyl sites for hydroxylation is 1. The van der Waals surface area contributed by atoms with Crippen LogP contribution in [0, 0.1) is 6.92 Å². The topological polar surface area (TPSA) is 65.5 Å². The standard InChI is InChI=1S/C22H28N4O2S/c1-16-20(13-24-21(27)15-25-7-2-3-8-25)19-6-9-26(14-17(19)12-23-16)22(28)11-18-5-4-10-29-18/h4-5,10,12H,2-3,6-9,11,13-15H2,1H3,(H,24,27). The first-order chi connectivity index (χ1) is 14.1. The van der Waals surface area contributed by atoms with Crippen LogP contribution in [0.4, 0.5) is 0 Å². The third-order valence-corrected chi connectivity index (χ3v) is 6.76. The maximum absolute atomic E-state index is 12.7. The van der Waals surface area contributed by atoms with Gasteiger partial charge in [0.2, 0.25) is 11.8 Å². The number of hydrogen-bond acceptors (Lipinski definition) is 5. The number of fused-ring (bicyclic) bond motifs is 1. The molecule has 2 amide bonds. The lowest BCUT2D eigenvalue weighted by atomic mass is 9.94. The highest BCUT2D eigenvalue weighted by Gasteiger charge is 2.24. The molecule has 6 nitrogen and oxygen atoms in total. The average molecular weight is 413 g/mol. The maximum atomic E-state index is 12.7. The van der Waals surface area contributed by atoms with Crippen LogP contribution in [0.25, 0.3) is 0 Å². The van der Waals surface area contributed by atoms with E-state index in [0.29, 0.717) is 26.1 Å². The Labute approximate surface area is 175 Å². The molecule has 154 valence electrons. The molecule has 0 aromatic carbocycles. The van der Waals surface area contributed by atoms with Crippen LogP contribution in [0.1, 0.15) is 40.1 Å². The normalized spacial score (nSPS) is 16.7. The summed E-state index contributed by atoms with van der Waals surface area (Å²) < 4.78 is 0. The fourth-order valence-corrected chi connectivity index (χ4v) is 4.93. The molecule has 1 N–H and O–H groups in total. The molecule has 0 unspecified atom stereocenters. The number of rotatable bonds is 6. The van der Waals surface area contributed by atoms with E-state index < -0.39 is 0 Å². The van der Waals surface area contributed by atoms with Crippen molar-refractivity contribution in [2.75, 3.05) is 26.2 Å². The summed E-state index contributed by atoms with van der Waals surface area (Å²) in [6, 6.07) is 3.99. The van der Waals surface area contributed by atoms with Crippen LogP contribution in [-0.4, -0.2) is 52.8 Å². The fraction of sp³-hybridized carbons (Fsp3) is 0.500. The van der Waals surface area contributed by atoms with Crippen molar-refractivity contribution in [3.63, 3.8) is 0 Å². The number of carbonyl (C=O) groups excluding carboxylic acids is 2. The van der Waals surface area contributed by atoms with Gasteiger partial charge in [0.25, 0.3) is 0 Å². The van der Waals surface area contributed by atoms with Gasteiger partial charge in [-0.1, -0.05) is 6.07 Å². The summed E-state index contributed by atoms with van der Waals surface area (Å²) in [7, 11) is 0. The van der Waals surface area contributed by atoms with Crippen molar-refractivity contribution in [3.05, 3.63) is 51.0 Å². The van der Waals surface area contributed by atoms with Gasteiger partial charge in [0.1, 0.15) is 0 Å². The fourth-order valence-electron chi connectivity index (χ4n) is 4.23. The maximum Gasteiger partial charge on any atom is 0.234 e. The van der Waals surface area contributed by atoms with Crippen LogP contribution in [-0.2, 0) is 35.5 Å². The number of pyridine rings is 1. The van der Waals surface area contributed by atoms with E-state index in [4.69, 9.17) is 0 Å². The number of aromatic nitrogens is 1. The highest BCUT2D eigenvalue weighted by Crippen LogP contribution is 2.25. The van der Waals surface area contributed by atoms with Crippen LogP contribution < -0.4 is 5.32 Å². The molecule has 2 aromatic rings. The molecule has 0 aliphatic carbocycles.